The van der Waals surface area contributed by atoms with Gasteiger partial charge in [0.05, 0.1) is 6.54 Å². The van der Waals surface area contributed by atoms with E-state index < -0.39 is 0 Å². The molecule has 1 heterocycles. The lowest BCUT2D eigenvalue weighted by atomic mass is 10.2. The number of benzene rings is 1. The van der Waals surface area contributed by atoms with Crippen molar-refractivity contribution in [1.29, 1.82) is 0 Å². The van der Waals surface area contributed by atoms with Crippen LogP contribution in [-0.4, -0.2) is 36.5 Å². The molecule has 0 atom stereocenters. The van der Waals surface area contributed by atoms with E-state index in [0.717, 1.165) is 25.9 Å². The van der Waals surface area contributed by atoms with E-state index in [0.29, 0.717) is 10.6 Å². The number of rotatable bonds is 4. The highest BCUT2D eigenvalue weighted by molar-refractivity contribution is 6.30. The quantitative estimate of drug-likeness (QED) is 0.887. The molecule has 1 aromatic carbocycles. The summed E-state index contributed by atoms with van der Waals surface area (Å²) in [6.45, 7) is 1.71. The van der Waals surface area contributed by atoms with Crippen molar-refractivity contribution < 1.29 is 9.59 Å². The standard InChI is InChI=1S/C14H18ClN3O2/c15-12-6-4-11(5-7-12)14(20)16-10-13(19)17-18-8-2-1-3-9-18/h4-7H,1-3,8-10H2,(H,16,20)(H,17,19). The SMILES string of the molecule is O=C(CNC(=O)c1ccc(Cl)cc1)NN1CCCCC1. The third-order valence-corrected chi connectivity index (χ3v) is 3.41. The first-order valence-corrected chi connectivity index (χ1v) is 7.11. The third kappa shape index (κ3) is 4.51. The predicted molar refractivity (Wildman–Crippen MR) is 77.4 cm³/mol. The van der Waals surface area contributed by atoms with Gasteiger partial charge in [0.25, 0.3) is 11.8 Å². The summed E-state index contributed by atoms with van der Waals surface area (Å²) in [5.41, 5.74) is 3.28. The Hall–Kier alpha value is -1.59. The van der Waals surface area contributed by atoms with Gasteiger partial charge in [-0.1, -0.05) is 18.0 Å². The van der Waals surface area contributed by atoms with Crippen LogP contribution >= 0.6 is 11.6 Å². The lowest BCUT2D eigenvalue weighted by Crippen LogP contribution is -2.48. The summed E-state index contributed by atoms with van der Waals surface area (Å²) < 4.78 is 0. The highest BCUT2D eigenvalue weighted by atomic mass is 35.5. The molecule has 2 amide bonds. The Labute approximate surface area is 123 Å². The minimum atomic E-state index is -0.282. The topological polar surface area (TPSA) is 61.4 Å². The minimum absolute atomic E-state index is 0.0298. The number of amides is 2. The summed E-state index contributed by atoms with van der Waals surface area (Å²) in [7, 11) is 0. The normalized spacial score (nSPS) is 15.7. The van der Waals surface area contributed by atoms with Gasteiger partial charge in [-0.15, -0.1) is 0 Å². The first-order valence-electron chi connectivity index (χ1n) is 6.73. The second kappa shape index (κ2) is 7.26. The largest absolute Gasteiger partial charge is 0.343 e. The van der Waals surface area contributed by atoms with Crippen LogP contribution in [0.5, 0.6) is 0 Å². The molecule has 0 bridgehead atoms. The smallest absolute Gasteiger partial charge is 0.253 e. The van der Waals surface area contributed by atoms with Crippen molar-refractivity contribution in [2.45, 2.75) is 19.3 Å². The van der Waals surface area contributed by atoms with Crippen LogP contribution in [0.15, 0.2) is 24.3 Å². The van der Waals surface area contributed by atoms with E-state index >= 15 is 0 Å². The van der Waals surface area contributed by atoms with Gasteiger partial charge < -0.3 is 5.32 Å². The zero-order valence-corrected chi connectivity index (χ0v) is 11.9. The van der Waals surface area contributed by atoms with E-state index in [9.17, 15) is 9.59 Å². The van der Waals surface area contributed by atoms with Crippen LogP contribution in [-0.2, 0) is 4.79 Å². The van der Waals surface area contributed by atoms with E-state index in [2.05, 4.69) is 10.7 Å². The number of hydrazine groups is 1. The molecule has 0 saturated carbocycles. The molecule has 1 saturated heterocycles. The van der Waals surface area contributed by atoms with Crippen molar-refractivity contribution in [3.05, 3.63) is 34.9 Å². The summed E-state index contributed by atoms with van der Waals surface area (Å²) in [5.74, 6) is -0.482. The average Bonchev–Trinajstić information content (AvgIpc) is 2.46. The average molecular weight is 296 g/mol. The molecule has 2 rings (SSSR count). The number of carbonyl (C=O) groups excluding carboxylic acids is 2. The summed E-state index contributed by atoms with van der Waals surface area (Å²) in [6.07, 6.45) is 3.40. The zero-order chi connectivity index (χ0) is 14.4. The molecule has 0 radical (unpaired) electrons. The molecule has 20 heavy (non-hydrogen) atoms. The maximum Gasteiger partial charge on any atom is 0.253 e. The van der Waals surface area contributed by atoms with Gasteiger partial charge in [-0.05, 0) is 37.1 Å². The Morgan fingerprint density at radius 2 is 1.75 bits per heavy atom. The van der Waals surface area contributed by atoms with Gasteiger partial charge in [-0.25, -0.2) is 5.01 Å². The van der Waals surface area contributed by atoms with Crippen LogP contribution in [0.2, 0.25) is 5.02 Å². The van der Waals surface area contributed by atoms with Gasteiger partial charge in [0, 0.05) is 23.7 Å². The van der Waals surface area contributed by atoms with Gasteiger partial charge in [-0.3, -0.25) is 15.0 Å². The van der Waals surface area contributed by atoms with Crippen LogP contribution in [0.4, 0.5) is 0 Å². The molecule has 1 aliphatic heterocycles. The summed E-state index contributed by atoms with van der Waals surface area (Å²) >= 11 is 5.75. The van der Waals surface area contributed by atoms with E-state index in [1.54, 1.807) is 24.3 Å². The Balaban J connectivity index is 1.75. The van der Waals surface area contributed by atoms with Crippen LogP contribution in [0, 0.1) is 0 Å². The summed E-state index contributed by atoms with van der Waals surface area (Å²) in [4.78, 5) is 23.5. The third-order valence-electron chi connectivity index (χ3n) is 3.15. The summed E-state index contributed by atoms with van der Waals surface area (Å²) in [6, 6.07) is 6.54. The summed E-state index contributed by atoms with van der Waals surface area (Å²) in [5, 5.41) is 5.06. The van der Waals surface area contributed by atoms with Gasteiger partial charge in [0.15, 0.2) is 0 Å². The molecule has 0 aromatic heterocycles. The Kier molecular flexibility index (Phi) is 5.38. The molecular weight excluding hydrogens is 278 g/mol. The molecule has 0 aliphatic carbocycles. The van der Waals surface area contributed by atoms with Gasteiger partial charge in [-0.2, -0.15) is 0 Å². The number of piperidine rings is 1. The number of halogens is 1. The van der Waals surface area contributed by atoms with Crippen molar-refractivity contribution >= 4 is 23.4 Å². The number of hydrogen-bond donors (Lipinski definition) is 2. The first kappa shape index (κ1) is 14.8. The fourth-order valence-electron chi connectivity index (χ4n) is 2.09. The maximum absolute atomic E-state index is 11.8. The van der Waals surface area contributed by atoms with Gasteiger partial charge >= 0.3 is 0 Å². The molecule has 1 aromatic rings. The highest BCUT2D eigenvalue weighted by Gasteiger charge is 2.13. The molecule has 2 N–H and O–H groups in total. The number of nitrogens with one attached hydrogen (secondary N) is 2. The van der Waals surface area contributed by atoms with E-state index in [1.165, 1.54) is 6.42 Å². The Morgan fingerprint density at radius 3 is 2.40 bits per heavy atom. The van der Waals surface area contributed by atoms with Crippen molar-refractivity contribution in [3.63, 3.8) is 0 Å². The number of carbonyl (C=O) groups is 2. The molecule has 1 aliphatic rings. The van der Waals surface area contributed by atoms with Crippen molar-refractivity contribution in [3.8, 4) is 0 Å². The second-order valence-corrected chi connectivity index (χ2v) is 5.21. The van der Waals surface area contributed by atoms with E-state index in [4.69, 9.17) is 11.6 Å². The van der Waals surface area contributed by atoms with Crippen LogP contribution in [0.1, 0.15) is 29.6 Å². The molecule has 0 unspecified atom stereocenters. The van der Waals surface area contributed by atoms with Crippen molar-refractivity contribution in [2.24, 2.45) is 0 Å². The predicted octanol–water partition coefficient (Wildman–Crippen LogP) is 1.59. The molecular formula is C14H18ClN3O2. The monoisotopic (exact) mass is 295 g/mol. The van der Waals surface area contributed by atoms with E-state index in [-0.39, 0.29) is 18.4 Å². The number of hydrogen-bond acceptors (Lipinski definition) is 3. The Morgan fingerprint density at radius 1 is 1.10 bits per heavy atom. The van der Waals surface area contributed by atoms with Gasteiger partial charge in [0.1, 0.15) is 0 Å². The first-order chi connectivity index (χ1) is 9.65. The molecule has 0 spiro atoms. The lowest BCUT2D eigenvalue weighted by Gasteiger charge is -2.26. The van der Waals surface area contributed by atoms with Crippen molar-refractivity contribution in [2.75, 3.05) is 19.6 Å². The fraction of sp³-hybridized carbons (Fsp3) is 0.429. The molecule has 6 heteroatoms. The maximum atomic E-state index is 11.8. The Bertz CT molecular complexity index is 470. The van der Waals surface area contributed by atoms with Crippen LogP contribution in [0.25, 0.3) is 0 Å². The number of nitrogens with zero attached hydrogens (tertiary/aromatic N) is 1. The van der Waals surface area contributed by atoms with Crippen LogP contribution in [0.3, 0.4) is 0 Å². The van der Waals surface area contributed by atoms with Gasteiger partial charge in [0.2, 0.25) is 0 Å². The second-order valence-electron chi connectivity index (χ2n) is 4.77. The molecule has 1 fully saturated rings. The lowest BCUT2D eigenvalue weighted by molar-refractivity contribution is -0.125. The minimum Gasteiger partial charge on any atom is -0.343 e. The van der Waals surface area contributed by atoms with Crippen LogP contribution < -0.4 is 10.7 Å². The zero-order valence-electron chi connectivity index (χ0n) is 11.2. The van der Waals surface area contributed by atoms with E-state index in [1.807, 2.05) is 5.01 Å². The van der Waals surface area contributed by atoms with Crippen molar-refractivity contribution in [1.82, 2.24) is 15.8 Å². The highest BCUT2D eigenvalue weighted by Crippen LogP contribution is 2.09. The fourth-order valence-corrected chi connectivity index (χ4v) is 2.21. The molecule has 5 nitrogen and oxygen atoms in total. The molecule has 108 valence electrons.